The Morgan fingerprint density at radius 2 is 1.81 bits per heavy atom. The number of aryl methyl sites for hydroxylation is 1. The molecule has 1 atom stereocenters. The third-order valence-electron chi connectivity index (χ3n) is 6.21. The number of carbonyl (C=O) groups is 2. The molecule has 0 fully saturated rings. The molecule has 5 rings (SSSR count). The molecule has 0 saturated heterocycles. The van der Waals surface area contributed by atoms with Gasteiger partial charge in [-0.1, -0.05) is 48.5 Å². The van der Waals surface area contributed by atoms with E-state index in [1.807, 2.05) is 42.5 Å². The van der Waals surface area contributed by atoms with Crippen molar-refractivity contribution in [3.8, 4) is 5.75 Å². The Morgan fingerprint density at radius 3 is 2.56 bits per heavy atom. The summed E-state index contributed by atoms with van der Waals surface area (Å²) in [5, 5.41) is 12.4. The van der Waals surface area contributed by atoms with Gasteiger partial charge >= 0.3 is 5.97 Å². The summed E-state index contributed by atoms with van der Waals surface area (Å²) in [4.78, 5) is 25.4. The van der Waals surface area contributed by atoms with Crippen LogP contribution in [-0.2, 0) is 20.9 Å². The summed E-state index contributed by atoms with van der Waals surface area (Å²) in [7, 11) is 1.61. The molecule has 1 aliphatic rings. The highest BCUT2D eigenvalue weighted by Gasteiger charge is 2.33. The predicted octanol–water partition coefficient (Wildman–Crippen LogP) is 4.36. The molecule has 1 amide bonds. The second-order valence-electron chi connectivity index (χ2n) is 8.52. The van der Waals surface area contributed by atoms with E-state index >= 15 is 0 Å². The molecule has 1 aliphatic heterocycles. The van der Waals surface area contributed by atoms with Crippen molar-refractivity contribution < 1.29 is 19.1 Å². The van der Waals surface area contributed by atoms with Crippen molar-refractivity contribution in [2.45, 2.75) is 25.4 Å². The molecule has 0 aliphatic carbocycles. The van der Waals surface area contributed by atoms with Crippen LogP contribution < -0.4 is 4.74 Å². The van der Waals surface area contributed by atoms with E-state index in [-0.39, 0.29) is 25.0 Å². The number of amides is 1. The van der Waals surface area contributed by atoms with Gasteiger partial charge in [0.05, 0.1) is 31.8 Å². The van der Waals surface area contributed by atoms with Crippen molar-refractivity contribution >= 4 is 28.4 Å². The Bertz CT molecular complexity index is 1400. The van der Waals surface area contributed by atoms with Gasteiger partial charge in [-0.15, -0.1) is 0 Å². The van der Waals surface area contributed by atoms with Crippen LogP contribution in [-0.4, -0.2) is 46.1 Å². The summed E-state index contributed by atoms with van der Waals surface area (Å²) >= 11 is 0. The van der Waals surface area contributed by atoms with Crippen molar-refractivity contribution in [1.29, 1.82) is 0 Å². The summed E-state index contributed by atoms with van der Waals surface area (Å²) in [6.07, 6.45) is 4.09. The number of esters is 1. The number of methoxy groups -OCH3 is 1. The fraction of sp³-hybridized carbons (Fsp3) is 0.214. The van der Waals surface area contributed by atoms with Gasteiger partial charge in [0.25, 0.3) is 5.91 Å². The van der Waals surface area contributed by atoms with E-state index in [0.717, 1.165) is 33.4 Å². The van der Waals surface area contributed by atoms with E-state index in [9.17, 15) is 9.59 Å². The maximum absolute atomic E-state index is 13.2. The molecule has 0 radical (unpaired) electrons. The molecular formula is C28H26N4O4. The van der Waals surface area contributed by atoms with Crippen molar-refractivity contribution in [2.75, 3.05) is 13.7 Å². The average molecular weight is 483 g/mol. The van der Waals surface area contributed by atoms with Crippen LogP contribution in [0.15, 0.2) is 90.3 Å². The Kier molecular flexibility index (Phi) is 6.75. The number of hydrazone groups is 1. The van der Waals surface area contributed by atoms with Crippen molar-refractivity contribution in [2.24, 2.45) is 5.10 Å². The second-order valence-corrected chi connectivity index (χ2v) is 8.52. The van der Waals surface area contributed by atoms with Gasteiger partial charge in [0, 0.05) is 18.8 Å². The normalized spacial score (nSPS) is 15.1. The molecule has 8 nitrogen and oxygen atoms in total. The van der Waals surface area contributed by atoms with E-state index < -0.39 is 5.97 Å². The number of rotatable bonds is 8. The third-order valence-corrected chi connectivity index (χ3v) is 6.21. The predicted molar refractivity (Wildman–Crippen MR) is 135 cm³/mol. The van der Waals surface area contributed by atoms with E-state index in [1.54, 1.807) is 30.3 Å². The number of carbonyl (C=O) groups excluding carboxylic acids is 2. The number of benzene rings is 3. The number of nitrogens with zero attached hydrogens (tertiary/aromatic N) is 4. The summed E-state index contributed by atoms with van der Waals surface area (Å²) in [5.74, 6) is -0.103. The summed E-state index contributed by atoms with van der Waals surface area (Å²) in [6, 6.07) is 23.3. The molecule has 36 heavy (non-hydrogen) atoms. The van der Waals surface area contributed by atoms with Gasteiger partial charge in [0.1, 0.15) is 5.75 Å². The number of hydrogen-bond acceptors (Lipinski definition) is 6. The summed E-state index contributed by atoms with van der Waals surface area (Å²) in [5.41, 5.74) is 2.69. The minimum absolute atomic E-state index is 0.127. The van der Waals surface area contributed by atoms with Crippen LogP contribution in [0.2, 0.25) is 0 Å². The largest absolute Gasteiger partial charge is 0.497 e. The molecule has 1 aromatic heterocycles. The van der Waals surface area contributed by atoms with Gasteiger partial charge in [0.15, 0.2) is 6.61 Å². The zero-order valence-corrected chi connectivity index (χ0v) is 19.9. The van der Waals surface area contributed by atoms with Crippen LogP contribution in [0, 0.1) is 0 Å². The SMILES string of the molecule is COc1ccc(C2CC(c3ccc4ccccc4c3)=NN2C(=O)COC(=O)CCn2cccn2)cc1. The van der Waals surface area contributed by atoms with Crippen LogP contribution in [0.3, 0.4) is 0 Å². The van der Waals surface area contributed by atoms with Gasteiger partial charge < -0.3 is 9.47 Å². The van der Waals surface area contributed by atoms with Crippen LogP contribution >= 0.6 is 0 Å². The molecule has 3 aromatic carbocycles. The van der Waals surface area contributed by atoms with Gasteiger partial charge in [0.2, 0.25) is 0 Å². The topological polar surface area (TPSA) is 86.0 Å². The van der Waals surface area contributed by atoms with Crippen LogP contribution in [0.5, 0.6) is 5.75 Å². The first kappa shape index (κ1) is 23.3. The first-order valence-electron chi connectivity index (χ1n) is 11.8. The Labute approximate surface area is 208 Å². The number of fused-ring (bicyclic) bond motifs is 1. The number of ether oxygens (including phenoxy) is 2. The monoisotopic (exact) mass is 482 g/mol. The van der Waals surface area contributed by atoms with Gasteiger partial charge in [-0.2, -0.15) is 10.2 Å². The van der Waals surface area contributed by atoms with E-state index in [0.29, 0.717) is 13.0 Å². The van der Waals surface area contributed by atoms with Crippen LogP contribution in [0.4, 0.5) is 0 Å². The first-order chi connectivity index (χ1) is 17.6. The first-order valence-corrected chi connectivity index (χ1v) is 11.8. The Hall–Kier alpha value is -4.46. The molecule has 4 aromatic rings. The highest BCUT2D eigenvalue weighted by Crippen LogP contribution is 2.34. The molecule has 2 heterocycles. The van der Waals surface area contributed by atoms with Gasteiger partial charge in [-0.25, -0.2) is 5.01 Å². The minimum atomic E-state index is -0.460. The van der Waals surface area contributed by atoms with E-state index in [4.69, 9.17) is 14.6 Å². The Balaban J connectivity index is 1.34. The zero-order chi connectivity index (χ0) is 24.9. The van der Waals surface area contributed by atoms with Crippen molar-refractivity contribution in [3.05, 3.63) is 96.3 Å². The third kappa shape index (κ3) is 5.12. The van der Waals surface area contributed by atoms with E-state index in [1.165, 1.54) is 5.01 Å². The second kappa shape index (κ2) is 10.4. The van der Waals surface area contributed by atoms with E-state index in [2.05, 4.69) is 29.4 Å². The molecule has 0 bridgehead atoms. The van der Waals surface area contributed by atoms with Crippen LogP contribution in [0.25, 0.3) is 10.8 Å². The van der Waals surface area contributed by atoms with Gasteiger partial charge in [-0.05, 0) is 46.2 Å². The number of hydrogen-bond donors (Lipinski definition) is 0. The molecular weight excluding hydrogens is 456 g/mol. The molecule has 182 valence electrons. The van der Waals surface area contributed by atoms with Crippen molar-refractivity contribution in [3.63, 3.8) is 0 Å². The maximum Gasteiger partial charge on any atom is 0.308 e. The van der Waals surface area contributed by atoms with Crippen molar-refractivity contribution in [1.82, 2.24) is 14.8 Å². The lowest BCUT2D eigenvalue weighted by molar-refractivity contribution is -0.153. The minimum Gasteiger partial charge on any atom is -0.497 e. The molecule has 0 saturated carbocycles. The average Bonchev–Trinajstić information content (AvgIpc) is 3.61. The zero-order valence-electron chi connectivity index (χ0n) is 19.9. The van der Waals surface area contributed by atoms with Crippen LogP contribution in [0.1, 0.15) is 30.0 Å². The molecule has 8 heteroatoms. The summed E-state index contributed by atoms with van der Waals surface area (Å²) < 4.78 is 12.2. The quantitative estimate of drug-likeness (QED) is 0.349. The lowest BCUT2D eigenvalue weighted by Crippen LogP contribution is -2.31. The van der Waals surface area contributed by atoms with Gasteiger partial charge in [-0.3, -0.25) is 14.3 Å². The fourth-order valence-corrected chi connectivity index (χ4v) is 4.29. The lowest BCUT2D eigenvalue weighted by Gasteiger charge is -2.22. The fourth-order valence-electron chi connectivity index (χ4n) is 4.29. The highest BCUT2D eigenvalue weighted by atomic mass is 16.5. The lowest BCUT2D eigenvalue weighted by atomic mass is 9.97. The maximum atomic E-state index is 13.2. The standard InChI is InChI=1S/C28H26N4O4/c1-35-24-11-9-21(10-12-24)26-18-25(23-8-7-20-5-2-3-6-22(20)17-23)30-32(26)27(33)19-36-28(34)13-16-31-15-4-14-29-31/h2-12,14-15,17,26H,13,16,18-19H2,1H3. The smallest absolute Gasteiger partial charge is 0.308 e. The highest BCUT2D eigenvalue weighted by molar-refractivity contribution is 6.05. The molecule has 1 unspecified atom stereocenters. The number of aromatic nitrogens is 2. The Morgan fingerprint density at radius 1 is 1.00 bits per heavy atom. The molecule has 0 N–H and O–H groups in total. The summed E-state index contributed by atoms with van der Waals surface area (Å²) in [6.45, 7) is 0.0154. The molecule has 0 spiro atoms.